The van der Waals surface area contributed by atoms with Gasteiger partial charge in [0.15, 0.2) is 0 Å². The molecule has 3 aliphatic rings. The third-order valence-corrected chi connectivity index (χ3v) is 7.94. The lowest BCUT2D eigenvalue weighted by molar-refractivity contribution is -0.138. The lowest BCUT2D eigenvalue weighted by Crippen LogP contribution is -2.20. The molecule has 2 aromatic rings. The lowest BCUT2D eigenvalue weighted by atomic mass is 9.83. The fraction of sp³-hybridized carbons (Fsp3) is 0.400. The normalized spacial score (nSPS) is 19.4. The predicted octanol–water partition coefficient (Wildman–Crippen LogP) is 6.13. The number of nitrogens with two attached hydrogens (primary N) is 1. The van der Waals surface area contributed by atoms with Crippen LogP contribution in [0.3, 0.4) is 0 Å². The number of fused-ring (bicyclic) bond motifs is 4. The van der Waals surface area contributed by atoms with Gasteiger partial charge in [0, 0.05) is 16.3 Å². The molecule has 0 atom stereocenters. The molecule has 34 heavy (non-hydrogen) atoms. The van der Waals surface area contributed by atoms with Crippen LogP contribution in [0.25, 0.3) is 27.8 Å². The van der Waals surface area contributed by atoms with Crippen LogP contribution in [0, 0.1) is 0 Å². The molecule has 6 nitrogen and oxygen atoms in total. The molecule has 2 heterocycles. The zero-order chi connectivity index (χ0) is 24.8. The van der Waals surface area contributed by atoms with Gasteiger partial charge < -0.3 is 9.30 Å². The van der Waals surface area contributed by atoms with Gasteiger partial charge in [-0.1, -0.05) is 41.9 Å². The summed E-state index contributed by atoms with van der Waals surface area (Å²) in [5.41, 5.74) is 4.05. The first-order valence-electron chi connectivity index (χ1n) is 11.2. The quantitative estimate of drug-likeness (QED) is 0.257. The molecule has 9 heteroatoms. The molecule has 2 aliphatic heterocycles. The van der Waals surface area contributed by atoms with Crippen LogP contribution in [0.1, 0.15) is 57.9 Å². The fourth-order valence-corrected chi connectivity index (χ4v) is 6.20. The molecule has 0 radical (unpaired) electrons. The zero-order valence-electron chi connectivity index (χ0n) is 19.3. The van der Waals surface area contributed by atoms with Crippen molar-refractivity contribution in [2.45, 2.75) is 68.2 Å². The number of halogens is 2. The number of alkyl halides is 1. The minimum atomic E-state index is -3.88. The Morgan fingerprint density at radius 3 is 2.26 bits per heavy atom. The molecule has 2 N–H and O–H groups in total. The van der Waals surface area contributed by atoms with Crippen LogP contribution >= 0.6 is 23.2 Å². The van der Waals surface area contributed by atoms with Gasteiger partial charge in [-0.2, -0.15) is 0 Å². The van der Waals surface area contributed by atoms with Crippen LogP contribution in [-0.2, 0) is 19.6 Å². The summed E-state index contributed by atoms with van der Waals surface area (Å²) in [6.45, 7) is 5.92. The molecule has 0 bridgehead atoms. The van der Waals surface area contributed by atoms with Crippen molar-refractivity contribution in [3.05, 3.63) is 47.0 Å². The minimum Gasteiger partial charge on any atom is -0.462 e. The largest absolute Gasteiger partial charge is 0.462 e. The van der Waals surface area contributed by atoms with Crippen molar-refractivity contribution in [3.63, 3.8) is 0 Å². The van der Waals surface area contributed by atoms with Crippen molar-refractivity contribution >= 4 is 50.6 Å². The molecule has 5 rings (SSSR count). The van der Waals surface area contributed by atoms with Crippen molar-refractivity contribution in [1.82, 2.24) is 4.57 Å². The maximum atomic E-state index is 12.6. The summed E-state index contributed by atoms with van der Waals surface area (Å²) < 4.78 is 31.7. The molecule has 0 spiro atoms. The van der Waals surface area contributed by atoms with Crippen LogP contribution in [-0.4, -0.2) is 30.4 Å². The summed E-state index contributed by atoms with van der Waals surface area (Å²) >= 11 is 12.5. The number of hydrogen-bond acceptors (Lipinski definition) is 4. The van der Waals surface area contributed by atoms with Gasteiger partial charge in [0.1, 0.15) is 5.60 Å². The number of hydrogen-bond donors (Lipinski definition) is 1. The Morgan fingerprint density at radius 2 is 1.74 bits per heavy atom. The highest BCUT2D eigenvalue weighted by Crippen LogP contribution is 2.55. The number of carbonyl (C=O) groups excluding carboxylic acids is 1. The summed E-state index contributed by atoms with van der Waals surface area (Å²) in [6, 6.07) is 11.4. The van der Waals surface area contributed by atoms with Gasteiger partial charge in [0.25, 0.3) is 6.47 Å². The molecule has 0 saturated heterocycles. The number of para-hydroxylation sites is 1. The van der Waals surface area contributed by atoms with Crippen molar-refractivity contribution in [2.24, 2.45) is 5.14 Å². The second-order valence-corrected chi connectivity index (χ2v) is 12.2. The molecule has 0 aromatic heterocycles. The maximum absolute atomic E-state index is 12.6. The molecule has 182 valence electrons. The third-order valence-electron chi connectivity index (χ3n) is 6.17. The lowest BCUT2D eigenvalue weighted by Gasteiger charge is -2.27. The van der Waals surface area contributed by atoms with Gasteiger partial charge >= 0.3 is 0 Å². The molecule has 0 amide bonds. The van der Waals surface area contributed by atoms with E-state index in [1.165, 1.54) is 0 Å². The Bertz CT molecular complexity index is 1350. The van der Waals surface area contributed by atoms with E-state index in [4.69, 9.17) is 28.3 Å². The van der Waals surface area contributed by atoms with Gasteiger partial charge in [0.05, 0.1) is 26.8 Å². The average molecular weight is 523 g/mol. The second kappa shape index (κ2) is 9.19. The van der Waals surface area contributed by atoms with E-state index in [1.807, 2.05) is 61.7 Å². The Balaban J connectivity index is 0.000000344. The summed E-state index contributed by atoms with van der Waals surface area (Å²) in [5, 5.41) is 7.59. The first-order chi connectivity index (χ1) is 15.9. The first kappa shape index (κ1) is 25.0. The molecular formula is C25H28Cl2N2O4S. The highest BCUT2D eigenvalue weighted by Gasteiger charge is 2.38. The average Bonchev–Trinajstić information content (AvgIpc) is 3.38. The summed E-state index contributed by atoms with van der Waals surface area (Å²) in [6.07, 6.45) is 3.53. The summed E-state index contributed by atoms with van der Waals surface area (Å²) in [4.78, 5) is 9.85. The monoisotopic (exact) mass is 522 g/mol. The smallest absolute Gasteiger partial charge is 0.293 e. The molecule has 0 unspecified atom stereocenters. The predicted molar refractivity (Wildman–Crippen MR) is 136 cm³/mol. The topological polar surface area (TPSA) is 91.4 Å². The number of rotatable bonds is 4. The van der Waals surface area contributed by atoms with Gasteiger partial charge in [-0.15, -0.1) is 11.6 Å². The molecule has 1 fully saturated rings. The number of primary sulfonamides is 1. The number of benzene rings is 2. The van der Waals surface area contributed by atoms with E-state index in [-0.39, 0.29) is 21.8 Å². The van der Waals surface area contributed by atoms with Crippen molar-refractivity contribution in [3.8, 4) is 16.9 Å². The number of ether oxygens (including phenoxy) is 1. The molecular weight excluding hydrogens is 495 g/mol. The van der Waals surface area contributed by atoms with Crippen LogP contribution in [0.4, 0.5) is 0 Å². The van der Waals surface area contributed by atoms with Crippen molar-refractivity contribution in [2.75, 3.05) is 0 Å². The van der Waals surface area contributed by atoms with Crippen molar-refractivity contribution < 1.29 is 17.9 Å². The Morgan fingerprint density at radius 1 is 1.09 bits per heavy atom. The van der Waals surface area contributed by atoms with E-state index in [9.17, 15) is 13.2 Å². The highest BCUT2D eigenvalue weighted by molar-refractivity contribution is 7.89. The van der Waals surface area contributed by atoms with E-state index in [2.05, 4.69) is 4.74 Å². The van der Waals surface area contributed by atoms with E-state index in [0.29, 0.717) is 17.1 Å². The van der Waals surface area contributed by atoms with Crippen LogP contribution in [0.5, 0.6) is 0 Å². The number of nitrogens with zero attached hydrogens (tertiary/aromatic N) is 1. The highest BCUT2D eigenvalue weighted by atomic mass is 35.5. The van der Waals surface area contributed by atoms with E-state index < -0.39 is 10.0 Å². The van der Waals surface area contributed by atoms with E-state index in [0.717, 1.165) is 53.5 Å². The summed E-state index contributed by atoms with van der Waals surface area (Å²) in [7, 11) is -3.88. The Hall–Kier alpha value is -2.06. The number of carbonyl (C=O) groups is 1. The third kappa shape index (κ3) is 4.85. The summed E-state index contributed by atoms with van der Waals surface area (Å²) in [5.74, 6) is 0.163. The van der Waals surface area contributed by atoms with Gasteiger partial charge in [-0.05, 0) is 64.0 Å². The maximum Gasteiger partial charge on any atom is 0.293 e. The van der Waals surface area contributed by atoms with Crippen LogP contribution in [0.2, 0.25) is 5.02 Å². The Kier molecular flexibility index (Phi) is 6.77. The van der Waals surface area contributed by atoms with Crippen molar-refractivity contribution in [1.29, 1.82) is 0 Å². The SMILES string of the molecule is CC(C)(C)OC=O.NS(=O)(=O)c1c(-c2c3c4cccc(Cl)c4n2-3)cccc1C1CCC(Cl)CC1. The zero-order valence-corrected chi connectivity index (χ0v) is 21.7. The van der Waals surface area contributed by atoms with E-state index >= 15 is 0 Å². The first-order valence-corrected chi connectivity index (χ1v) is 13.5. The molecule has 1 aliphatic carbocycles. The Labute approximate surface area is 210 Å². The van der Waals surface area contributed by atoms with Gasteiger partial charge in [0.2, 0.25) is 10.0 Å². The fourth-order valence-electron chi connectivity index (χ4n) is 4.65. The van der Waals surface area contributed by atoms with Crippen LogP contribution in [0.15, 0.2) is 41.3 Å². The van der Waals surface area contributed by atoms with Crippen LogP contribution < -0.4 is 5.14 Å². The second-order valence-electron chi connectivity index (χ2n) is 9.71. The van der Waals surface area contributed by atoms with E-state index in [1.54, 1.807) is 0 Å². The number of aromatic nitrogens is 1. The standard InChI is InChI=1S/C20H18Cl2N2O2S.C5H10O2/c21-12-9-7-11(8-10-12)13-3-1-5-15(20(13)27(23,25)26)19-18-14-4-2-6-16(22)17(14)24(18)19;1-5(2,3)7-4-6/h1-6,11-12H,7-10H2,(H2,23,25,26);4H,1-3H3. The molecule has 1 saturated carbocycles. The number of sulfonamides is 1. The van der Waals surface area contributed by atoms with Gasteiger partial charge in [-0.25, -0.2) is 13.6 Å². The minimum absolute atomic E-state index is 0.163. The van der Waals surface area contributed by atoms with Gasteiger partial charge in [-0.3, -0.25) is 4.79 Å². The molecule has 2 aromatic carbocycles.